The van der Waals surface area contributed by atoms with Crippen molar-refractivity contribution in [2.45, 2.75) is 57.7 Å². The largest absolute Gasteiger partial charge is 0.454 e. The van der Waals surface area contributed by atoms with Gasteiger partial charge in [-0.2, -0.15) is 0 Å². The van der Waals surface area contributed by atoms with Gasteiger partial charge in [0.25, 0.3) is 0 Å². The molecule has 0 amide bonds. The summed E-state index contributed by atoms with van der Waals surface area (Å²) < 4.78 is 11.2. The highest BCUT2D eigenvalue weighted by atomic mass is 16.6. The highest BCUT2D eigenvalue weighted by Crippen LogP contribution is 2.57. The lowest BCUT2D eigenvalue weighted by Crippen LogP contribution is -2.55. The molecule has 2 saturated heterocycles. The van der Waals surface area contributed by atoms with Crippen LogP contribution in [0.2, 0.25) is 0 Å². The normalized spacial score (nSPS) is 43.4. The van der Waals surface area contributed by atoms with Gasteiger partial charge in [-0.3, -0.25) is 9.69 Å². The molecular weight excluding hydrogens is 306 g/mol. The van der Waals surface area contributed by atoms with E-state index in [-0.39, 0.29) is 11.4 Å². The highest BCUT2D eigenvalue weighted by molar-refractivity contribution is 5.78. The van der Waals surface area contributed by atoms with E-state index < -0.39 is 17.6 Å². The first kappa shape index (κ1) is 16.6. The van der Waals surface area contributed by atoms with Gasteiger partial charge >= 0.3 is 5.97 Å². The van der Waals surface area contributed by atoms with Gasteiger partial charge in [0.1, 0.15) is 11.5 Å². The number of ether oxygens (including phenoxy) is 2. The Bertz CT molecular complexity index is 568. The minimum absolute atomic E-state index is 0.0906. The summed E-state index contributed by atoms with van der Waals surface area (Å²) in [7, 11) is 0. The van der Waals surface area contributed by atoms with Gasteiger partial charge in [-0.05, 0) is 50.0 Å². The maximum absolute atomic E-state index is 12.6. The monoisotopic (exact) mass is 335 g/mol. The number of hydrogen-bond donors (Lipinski definition) is 1. The van der Waals surface area contributed by atoms with Crippen LogP contribution >= 0.6 is 0 Å². The summed E-state index contributed by atoms with van der Waals surface area (Å²) in [6.45, 7) is 8.07. The van der Waals surface area contributed by atoms with E-state index in [0.29, 0.717) is 26.2 Å². The molecule has 2 heterocycles. The molecule has 5 heteroatoms. The van der Waals surface area contributed by atoms with Crippen LogP contribution in [0.25, 0.3) is 0 Å². The minimum atomic E-state index is -1.04. The zero-order chi connectivity index (χ0) is 16.9. The van der Waals surface area contributed by atoms with E-state index in [0.717, 1.165) is 32.4 Å². The third-order valence-electron chi connectivity index (χ3n) is 6.85. The number of esters is 1. The van der Waals surface area contributed by atoms with Gasteiger partial charge in [0.15, 0.2) is 6.10 Å². The highest BCUT2D eigenvalue weighted by Gasteiger charge is 2.63. The van der Waals surface area contributed by atoms with Gasteiger partial charge in [-0.1, -0.05) is 12.5 Å². The van der Waals surface area contributed by atoms with E-state index in [1.165, 1.54) is 17.6 Å². The second-order valence-corrected chi connectivity index (χ2v) is 8.38. The van der Waals surface area contributed by atoms with Gasteiger partial charge in [-0.25, -0.2) is 0 Å². The molecule has 134 valence electrons. The van der Waals surface area contributed by atoms with Crippen LogP contribution in [0.15, 0.2) is 11.1 Å². The maximum Gasteiger partial charge on any atom is 0.314 e. The molecule has 0 bridgehead atoms. The SMILES string of the molecule is CC1=C2[C@@H]3OC(=O)C(CN4CCOCC4)C3(O)CC[C@@]2(C)CCC1. The Hall–Kier alpha value is -0.910. The first-order chi connectivity index (χ1) is 11.4. The molecule has 4 rings (SSSR count). The van der Waals surface area contributed by atoms with Crippen molar-refractivity contribution in [3.05, 3.63) is 11.1 Å². The predicted octanol–water partition coefficient (Wildman–Crippen LogP) is 1.89. The molecule has 0 aromatic rings. The smallest absolute Gasteiger partial charge is 0.314 e. The molecule has 2 aliphatic carbocycles. The number of nitrogens with zero attached hydrogens (tertiary/aromatic N) is 1. The number of hydrogen-bond acceptors (Lipinski definition) is 5. The lowest BCUT2D eigenvalue weighted by Gasteiger charge is -2.49. The fourth-order valence-corrected chi connectivity index (χ4v) is 5.38. The second kappa shape index (κ2) is 5.82. The van der Waals surface area contributed by atoms with E-state index >= 15 is 0 Å². The predicted molar refractivity (Wildman–Crippen MR) is 89.5 cm³/mol. The number of carbonyl (C=O) groups excluding carboxylic acids is 1. The summed E-state index contributed by atoms with van der Waals surface area (Å²) in [5, 5.41) is 11.5. The molecule has 0 radical (unpaired) electrons. The van der Waals surface area contributed by atoms with E-state index in [2.05, 4.69) is 18.7 Å². The molecule has 1 saturated carbocycles. The van der Waals surface area contributed by atoms with Gasteiger partial charge in [-0.15, -0.1) is 0 Å². The van der Waals surface area contributed by atoms with Gasteiger partial charge in [0.05, 0.1) is 13.2 Å². The minimum Gasteiger partial charge on any atom is -0.454 e. The summed E-state index contributed by atoms with van der Waals surface area (Å²) in [4.78, 5) is 14.9. The Morgan fingerprint density at radius 3 is 2.75 bits per heavy atom. The summed E-state index contributed by atoms with van der Waals surface area (Å²) in [5.74, 6) is -0.656. The lowest BCUT2D eigenvalue weighted by molar-refractivity contribution is -0.144. The first-order valence-electron chi connectivity index (χ1n) is 9.37. The van der Waals surface area contributed by atoms with Crippen molar-refractivity contribution in [1.82, 2.24) is 4.90 Å². The van der Waals surface area contributed by atoms with Crippen LogP contribution in [-0.4, -0.2) is 60.5 Å². The molecule has 5 nitrogen and oxygen atoms in total. The molecule has 0 aromatic carbocycles. The van der Waals surface area contributed by atoms with Crippen LogP contribution in [0.4, 0.5) is 0 Å². The van der Waals surface area contributed by atoms with Crippen LogP contribution in [0.1, 0.15) is 46.0 Å². The molecule has 2 aliphatic heterocycles. The molecule has 24 heavy (non-hydrogen) atoms. The Balaban J connectivity index is 1.63. The third kappa shape index (κ3) is 2.44. The molecule has 0 aromatic heterocycles. The van der Waals surface area contributed by atoms with Crippen molar-refractivity contribution in [3.8, 4) is 0 Å². The van der Waals surface area contributed by atoms with Crippen molar-refractivity contribution in [2.75, 3.05) is 32.8 Å². The maximum atomic E-state index is 12.6. The van der Waals surface area contributed by atoms with Crippen molar-refractivity contribution in [1.29, 1.82) is 0 Å². The third-order valence-corrected chi connectivity index (χ3v) is 6.85. The number of aliphatic hydroxyl groups is 1. The molecule has 4 atom stereocenters. The van der Waals surface area contributed by atoms with E-state index in [1.807, 2.05) is 0 Å². The van der Waals surface area contributed by atoms with Crippen molar-refractivity contribution < 1.29 is 19.4 Å². The fraction of sp³-hybridized carbons (Fsp3) is 0.842. The van der Waals surface area contributed by atoms with E-state index in [4.69, 9.17) is 9.47 Å². The number of allylic oxidation sites excluding steroid dienone is 1. The van der Waals surface area contributed by atoms with Gasteiger partial charge < -0.3 is 14.6 Å². The van der Waals surface area contributed by atoms with Gasteiger partial charge in [0.2, 0.25) is 0 Å². The molecule has 1 N–H and O–H groups in total. The Labute approximate surface area is 144 Å². The average molecular weight is 335 g/mol. The first-order valence-corrected chi connectivity index (χ1v) is 9.37. The van der Waals surface area contributed by atoms with E-state index in [9.17, 15) is 9.90 Å². The number of rotatable bonds is 2. The number of fused-ring (bicyclic) bond motifs is 3. The average Bonchev–Trinajstić information content (AvgIpc) is 2.80. The molecule has 0 spiro atoms. The lowest BCUT2D eigenvalue weighted by atomic mass is 9.58. The van der Waals surface area contributed by atoms with Crippen LogP contribution in [0, 0.1) is 11.3 Å². The number of morpholine rings is 1. The van der Waals surface area contributed by atoms with Crippen LogP contribution in [0.3, 0.4) is 0 Å². The molecular formula is C19H29NO4. The Morgan fingerprint density at radius 2 is 2.00 bits per heavy atom. The summed E-state index contributed by atoms with van der Waals surface area (Å²) in [5.41, 5.74) is 1.60. The topological polar surface area (TPSA) is 59.0 Å². The van der Waals surface area contributed by atoms with Crippen molar-refractivity contribution in [2.24, 2.45) is 11.3 Å². The quantitative estimate of drug-likeness (QED) is 0.617. The molecule has 3 fully saturated rings. The van der Waals surface area contributed by atoms with Crippen LogP contribution in [0.5, 0.6) is 0 Å². The second-order valence-electron chi connectivity index (χ2n) is 8.38. The zero-order valence-corrected chi connectivity index (χ0v) is 14.8. The van der Waals surface area contributed by atoms with Crippen LogP contribution in [-0.2, 0) is 14.3 Å². The summed E-state index contributed by atoms with van der Waals surface area (Å²) >= 11 is 0. The fourth-order valence-electron chi connectivity index (χ4n) is 5.38. The van der Waals surface area contributed by atoms with Crippen molar-refractivity contribution in [3.63, 3.8) is 0 Å². The number of carbonyl (C=O) groups is 1. The van der Waals surface area contributed by atoms with E-state index in [1.54, 1.807) is 0 Å². The van der Waals surface area contributed by atoms with Crippen molar-refractivity contribution >= 4 is 5.97 Å². The standard InChI is InChI=1S/C19H29NO4/c1-13-4-3-5-18(2)6-7-19(22)14(12-20-8-10-23-11-9-20)17(21)24-16(19)15(13)18/h14,16,22H,3-12H2,1-2H3/t14?,16-,18+,19?/m0/s1. The molecule has 2 unspecified atom stereocenters. The Morgan fingerprint density at radius 1 is 1.25 bits per heavy atom. The van der Waals surface area contributed by atoms with Crippen LogP contribution < -0.4 is 0 Å². The summed E-state index contributed by atoms with van der Waals surface area (Å²) in [6.07, 6.45) is 4.56. The molecule has 4 aliphatic rings. The Kier molecular flexibility index (Phi) is 4.01. The zero-order valence-electron chi connectivity index (χ0n) is 14.8. The van der Waals surface area contributed by atoms with Gasteiger partial charge in [0, 0.05) is 19.6 Å². The summed E-state index contributed by atoms with van der Waals surface area (Å²) in [6, 6.07) is 0.